The summed E-state index contributed by atoms with van der Waals surface area (Å²) >= 11 is 7.45. The molecule has 21 heavy (non-hydrogen) atoms. The van der Waals surface area contributed by atoms with E-state index in [0.29, 0.717) is 11.4 Å². The molecule has 2 rings (SSSR count). The molecule has 5 heteroatoms. The lowest BCUT2D eigenvalue weighted by Gasteiger charge is -2.31. The average Bonchev–Trinajstić information content (AvgIpc) is 2.96. The van der Waals surface area contributed by atoms with Gasteiger partial charge in [-0.2, -0.15) is 0 Å². The lowest BCUT2D eigenvalue weighted by atomic mass is 10.0. The van der Waals surface area contributed by atoms with Crippen molar-refractivity contribution in [3.05, 3.63) is 51.7 Å². The van der Waals surface area contributed by atoms with E-state index in [2.05, 4.69) is 16.8 Å². The van der Waals surface area contributed by atoms with Crippen LogP contribution in [-0.4, -0.2) is 16.9 Å². The van der Waals surface area contributed by atoms with E-state index in [4.69, 9.17) is 11.6 Å². The maximum atomic E-state index is 14.0. The van der Waals surface area contributed by atoms with E-state index in [1.54, 1.807) is 17.4 Å². The van der Waals surface area contributed by atoms with Crippen LogP contribution in [0.25, 0.3) is 0 Å². The van der Waals surface area contributed by atoms with Gasteiger partial charge >= 0.3 is 0 Å². The average molecular weight is 327 g/mol. The lowest BCUT2D eigenvalue weighted by Crippen LogP contribution is -2.28. The van der Waals surface area contributed by atoms with Crippen molar-refractivity contribution in [1.29, 1.82) is 0 Å². The summed E-state index contributed by atoms with van der Waals surface area (Å²) in [4.78, 5) is 6.75. The molecule has 0 aliphatic heterocycles. The molecular weight excluding hydrogens is 307 g/mol. The zero-order valence-corrected chi connectivity index (χ0v) is 14.1. The quantitative estimate of drug-likeness (QED) is 0.681. The van der Waals surface area contributed by atoms with Crippen molar-refractivity contribution < 1.29 is 4.39 Å². The molecule has 0 N–H and O–H groups in total. The second-order valence-corrected chi connectivity index (χ2v) is 6.25. The fourth-order valence-corrected chi connectivity index (χ4v) is 3.76. The second-order valence-electron chi connectivity index (χ2n) is 5.10. The summed E-state index contributed by atoms with van der Waals surface area (Å²) in [6.45, 7) is 4.15. The molecule has 114 valence electrons. The molecule has 0 aliphatic carbocycles. The standard InChI is InChI=1S/C16H20ClFN2S/c1-4-15(16-19-12(9-17)10-21-16)20(3)11(2)13-7-5-6-8-14(13)18/h5-8,10-11,15H,4,9H2,1-3H3. The molecule has 1 aromatic carbocycles. The molecule has 0 amide bonds. The minimum Gasteiger partial charge on any atom is -0.290 e. The van der Waals surface area contributed by atoms with Crippen LogP contribution in [0, 0.1) is 5.82 Å². The third kappa shape index (κ3) is 3.62. The maximum absolute atomic E-state index is 14.0. The Kier molecular flexibility index (Phi) is 5.73. The monoisotopic (exact) mass is 326 g/mol. The molecule has 0 spiro atoms. The molecule has 1 heterocycles. The summed E-state index contributed by atoms with van der Waals surface area (Å²) in [7, 11) is 2.02. The van der Waals surface area contributed by atoms with Gasteiger partial charge in [0.15, 0.2) is 0 Å². The fourth-order valence-electron chi connectivity index (χ4n) is 2.48. The Morgan fingerprint density at radius 2 is 2.10 bits per heavy atom. The van der Waals surface area contributed by atoms with Crippen LogP contribution in [0.3, 0.4) is 0 Å². The Bertz CT molecular complexity index is 587. The number of rotatable bonds is 6. The van der Waals surface area contributed by atoms with Crippen LogP contribution in [0.5, 0.6) is 0 Å². The van der Waals surface area contributed by atoms with Crippen molar-refractivity contribution in [3.8, 4) is 0 Å². The van der Waals surface area contributed by atoms with Gasteiger partial charge in [-0.15, -0.1) is 22.9 Å². The van der Waals surface area contributed by atoms with Gasteiger partial charge in [0.25, 0.3) is 0 Å². The van der Waals surface area contributed by atoms with Gasteiger partial charge in [-0.3, -0.25) is 4.90 Å². The minimum atomic E-state index is -0.160. The third-order valence-electron chi connectivity index (χ3n) is 3.84. The highest BCUT2D eigenvalue weighted by Crippen LogP contribution is 2.33. The number of hydrogen-bond donors (Lipinski definition) is 0. The Hall–Kier alpha value is -0.970. The summed E-state index contributed by atoms with van der Waals surface area (Å²) < 4.78 is 14.0. The molecule has 0 radical (unpaired) electrons. The van der Waals surface area contributed by atoms with Gasteiger partial charge in [-0.1, -0.05) is 25.1 Å². The van der Waals surface area contributed by atoms with Crippen LogP contribution >= 0.6 is 22.9 Å². The van der Waals surface area contributed by atoms with Crippen LogP contribution in [-0.2, 0) is 5.88 Å². The van der Waals surface area contributed by atoms with Crippen molar-refractivity contribution in [2.45, 2.75) is 38.2 Å². The highest BCUT2D eigenvalue weighted by Gasteiger charge is 2.25. The Morgan fingerprint density at radius 3 is 2.67 bits per heavy atom. The first-order chi connectivity index (χ1) is 10.1. The van der Waals surface area contributed by atoms with Gasteiger partial charge < -0.3 is 0 Å². The van der Waals surface area contributed by atoms with Gasteiger partial charge in [0.05, 0.1) is 17.6 Å². The van der Waals surface area contributed by atoms with E-state index in [1.165, 1.54) is 6.07 Å². The van der Waals surface area contributed by atoms with Crippen molar-refractivity contribution in [3.63, 3.8) is 0 Å². The van der Waals surface area contributed by atoms with Crippen molar-refractivity contribution in [2.24, 2.45) is 0 Å². The second kappa shape index (κ2) is 7.34. The van der Waals surface area contributed by atoms with E-state index in [0.717, 1.165) is 17.1 Å². The predicted octanol–water partition coefficient (Wildman–Crippen LogP) is 5.17. The Morgan fingerprint density at radius 1 is 1.38 bits per heavy atom. The summed E-state index contributed by atoms with van der Waals surface area (Å²) in [6.07, 6.45) is 0.921. The van der Waals surface area contributed by atoms with Crippen LogP contribution in [0.1, 0.15) is 48.6 Å². The van der Waals surface area contributed by atoms with Gasteiger partial charge in [-0.05, 0) is 26.5 Å². The van der Waals surface area contributed by atoms with E-state index < -0.39 is 0 Å². The molecule has 2 aromatic rings. The number of halogens is 2. The lowest BCUT2D eigenvalue weighted by molar-refractivity contribution is 0.177. The number of hydrogen-bond acceptors (Lipinski definition) is 3. The third-order valence-corrected chi connectivity index (χ3v) is 5.10. The topological polar surface area (TPSA) is 16.1 Å². The van der Waals surface area contributed by atoms with Crippen molar-refractivity contribution >= 4 is 22.9 Å². The predicted molar refractivity (Wildman–Crippen MR) is 87.3 cm³/mol. The first-order valence-electron chi connectivity index (χ1n) is 7.05. The van der Waals surface area contributed by atoms with Crippen LogP contribution in [0.2, 0.25) is 0 Å². The zero-order valence-electron chi connectivity index (χ0n) is 12.5. The number of nitrogens with zero attached hydrogens (tertiary/aromatic N) is 2. The molecule has 0 saturated carbocycles. The molecule has 0 bridgehead atoms. The smallest absolute Gasteiger partial charge is 0.127 e. The number of aromatic nitrogens is 1. The van der Waals surface area contributed by atoms with E-state index in [-0.39, 0.29) is 17.9 Å². The zero-order chi connectivity index (χ0) is 15.4. The summed E-state index contributed by atoms with van der Waals surface area (Å²) in [6, 6.07) is 7.10. The van der Waals surface area contributed by atoms with E-state index in [9.17, 15) is 4.39 Å². The highest BCUT2D eigenvalue weighted by atomic mass is 35.5. The van der Waals surface area contributed by atoms with Crippen LogP contribution in [0.15, 0.2) is 29.6 Å². The minimum absolute atomic E-state index is 0.0144. The number of thiazole rings is 1. The highest BCUT2D eigenvalue weighted by molar-refractivity contribution is 7.09. The first kappa shape index (κ1) is 16.4. The molecule has 0 fully saturated rings. The number of benzene rings is 1. The first-order valence-corrected chi connectivity index (χ1v) is 8.46. The van der Waals surface area contributed by atoms with Crippen molar-refractivity contribution in [2.75, 3.05) is 7.05 Å². The largest absolute Gasteiger partial charge is 0.290 e. The van der Waals surface area contributed by atoms with Gasteiger partial charge in [0, 0.05) is 17.0 Å². The van der Waals surface area contributed by atoms with Gasteiger partial charge in [0.1, 0.15) is 10.8 Å². The summed E-state index contributed by atoms with van der Waals surface area (Å²) in [5.41, 5.74) is 1.62. The molecule has 2 atom stereocenters. The fraction of sp³-hybridized carbons (Fsp3) is 0.438. The molecule has 0 aliphatic rings. The summed E-state index contributed by atoms with van der Waals surface area (Å²) in [5.74, 6) is 0.270. The molecule has 0 saturated heterocycles. The molecule has 2 nitrogen and oxygen atoms in total. The van der Waals surface area contributed by atoms with Crippen molar-refractivity contribution in [1.82, 2.24) is 9.88 Å². The van der Waals surface area contributed by atoms with Gasteiger partial charge in [-0.25, -0.2) is 9.37 Å². The molecule has 1 aromatic heterocycles. The normalized spacial score (nSPS) is 14.4. The maximum Gasteiger partial charge on any atom is 0.127 e. The van der Waals surface area contributed by atoms with Gasteiger partial charge in [0.2, 0.25) is 0 Å². The molecular formula is C16H20ClFN2S. The van der Waals surface area contributed by atoms with E-state index in [1.807, 2.05) is 31.5 Å². The Labute approximate surface area is 134 Å². The van der Waals surface area contributed by atoms with Crippen LogP contribution in [0.4, 0.5) is 4.39 Å². The summed E-state index contributed by atoms with van der Waals surface area (Å²) in [5, 5.41) is 3.03. The Balaban J connectivity index is 2.23. The SMILES string of the molecule is CCC(c1nc(CCl)cs1)N(C)C(C)c1ccccc1F. The molecule has 2 unspecified atom stereocenters. The number of alkyl halides is 1. The van der Waals surface area contributed by atoms with Crippen LogP contribution < -0.4 is 0 Å². The van der Waals surface area contributed by atoms with E-state index >= 15 is 0 Å².